The molecule has 0 spiro atoms. The van der Waals surface area contributed by atoms with Crippen LogP contribution in [-0.4, -0.2) is 21.5 Å². The van der Waals surface area contributed by atoms with Crippen molar-refractivity contribution in [3.8, 4) is 5.75 Å². The van der Waals surface area contributed by atoms with Crippen LogP contribution in [0.3, 0.4) is 0 Å². The van der Waals surface area contributed by atoms with Gasteiger partial charge in [0.2, 0.25) is 0 Å². The number of halogens is 1. The van der Waals surface area contributed by atoms with E-state index < -0.39 is 0 Å². The van der Waals surface area contributed by atoms with Crippen LogP contribution in [0.5, 0.6) is 5.75 Å². The molecule has 20 heavy (non-hydrogen) atoms. The molecule has 0 amide bonds. The summed E-state index contributed by atoms with van der Waals surface area (Å²) in [5.74, 6) is 0.868. The number of rotatable bonds is 6. The van der Waals surface area contributed by atoms with Gasteiger partial charge in [-0.3, -0.25) is 4.68 Å². The number of benzene rings is 1. The first-order valence-electron chi connectivity index (χ1n) is 6.61. The highest BCUT2D eigenvalue weighted by molar-refractivity contribution is 9.10. The summed E-state index contributed by atoms with van der Waals surface area (Å²) in [6, 6.07) is 6.27. The molecule has 0 saturated heterocycles. The van der Waals surface area contributed by atoms with Gasteiger partial charge in [0.05, 0.1) is 6.20 Å². The summed E-state index contributed by atoms with van der Waals surface area (Å²) in [6.07, 6.45) is 1.85. The lowest BCUT2D eigenvalue weighted by molar-refractivity contribution is 0.295. The van der Waals surface area contributed by atoms with E-state index in [0.717, 1.165) is 28.0 Å². The van der Waals surface area contributed by atoms with Crippen molar-refractivity contribution < 1.29 is 4.74 Å². The van der Waals surface area contributed by atoms with Gasteiger partial charge in [-0.25, -0.2) is 0 Å². The van der Waals surface area contributed by atoms with Crippen LogP contribution < -0.4 is 10.1 Å². The third-order valence-corrected chi connectivity index (χ3v) is 3.47. The van der Waals surface area contributed by atoms with Gasteiger partial charge in [-0.05, 0) is 31.7 Å². The van der Waals surface area contributed by atoms with Crippen LogP contribution in [0.25, 0.3) is 0 Å². The minimum Gasteiger partial charge on any atom is -0.487 e. The first kappa shape index (κ1) is 15.0. The van der Waals surface area contributed by atoms with Crippen molar-refractivity contribution in [2.45, 2.75) is 26.5 Å². The maximum absolute atomic E-state index is 5.88. The Kier molecular flexibility index (Phi) is 5.14. The maximum atomic E-state index is 5.88. The van der Waals surface area contributed by atoms with Crippen molar-refractivity contribution >= 4 is 15.9 Å². The number of nitrogens with one attached hydrogen (secondary N) is 1. The van der Waals surface area contributed by atoms with E-state index in [9.17, 15) is 0 Å². The fraction of sp³-hybridized carbons (Fsp3) is 0.429. The molecule has 0 fully saturated rings. The van der Waals surface area contributed by atoms with Crippen LogP contribution in [0, 0.1) is 0 Å². The molecular formula is C14H19BrN4O. The largest absolute Gasteiger partial charge is 0.487 e. The molecule has 1 atom stereocenters. The Balaban J connectivity index is 2.13. The zero-order valence-electron chi connectivity index (χ0n) is 11.9. The van der Waals surface area contributed by atoms with Gasteiger partial charge in [0.1, 0.15) is 18.1 Å². The van der Waals surface area contributed by atoms with Gasteiger partial charge in [0.25, 0.3) is 0 Å². The quantitative estimate of drug-likeness (QED) is 0.879. The second-order valence-electron chi connectivity index (χ2n) is 4.63. The van der Waals surface area contributed by atoms with Gasteiger partial charge in [-0.1, -0.05) is 28.1 Å². The van der Waals surface area contributed by atoms with Crippen LogP contribution >= 0.6 is 15.9 Å². The summed E-state index contributed by atoms with van der Waals surface area (Å²) in [6.45, 7) is 5.55. The zero-order chi connectivity index (χ0) is 14.5. The van der Waals surface area contributed by atoms with Crippen LogP contribution in [0.15, 0.2) is 28.9 Å². The number of nitrogens with zero attached hydrogens (tertiary/aromatic N) is 3. The van der Waals surface area contributed by atoms with Gasteiger partial charge >= 0.3 is 0 Å². The summed E-state index contributed by atoms with van der Waals surface area (Å²) in [5, 5.41) is 11.3. The fourth-order valence-electron chi connectivity index (χ4n) is 2.02. The average molecular weight is 339 g/mol. The molecule has 0 aliphatic carbocycles. The molecule has 0 saturated carbocycles. The molecule has 0 aliphatic rings. The molecule has 0 bridgehead atoms. The zero-order valence-corrected chi connectivity index (χ0v) is 13.5. The van der Waals surface area contributed by atoms with Crippen LogP contribution in [-0.2, 0) is 13.7 Å². The van der Waals surface area contributed by atoms with E-state index in [4.69, 9.17) is 4.74 Å². The molecule has 1 heterocycles. The number of hydrogen-bond donors (Lipinski definition) is 1. The Hall–Kier alpha value is -1.40. The summed E-state index contributed by atoms with van der Waals surface area (Å²) in [4.78, 5) is 0. The first-order valence-corrected chi connectivity index (χ1v) is 7.40. The molecule has 2 rings (SSSR count). The third-order valence-electron chi connectivity index (χ3n) is 2.97. The standard InChI is InChI=1S/C14H19BrN4O/c1-4-16-10(2)13-7-11(15)5-6-14(13)20-9-12-8-19(3)18-17-12/h5-8,10,16H,4,9H2,1-3H3. The van der Waals surface area contributed by atoms with Crippen LogP contribution in [0.2, 0.25) is 0 Å². The topological polar surface area (TPSA) is 52.0 Å². The minimum absolute atomic E-state index is 0.231. The molecule has 1 aromatic carbocycles. The van der Waals surface area contributed by atoms with Crippen molar-refractivity contribution in [2.24, 2.45) is 7.05 Å². The summed E-state index contributed by atoms with van der Waals surface area (Å²) < 4.78 is 8.60. The Bertz CT molecular complexity index is 570. The fourth-order valence-corrected chi connectivity index (χ4v) is 2.40. The summed E-state index contributed by atoms with van der Waals surface area (Å²) >= 11 is 3.51. The molecule has 5 nitrogen and oxygen atoms in total. The highest BCUT2D eigenvalue weighted by Gasteiger charge is 2.12. The number of aryl methyl sites for hydroxylation is 1. The van der Waals surface area contributed by atoms with Gasteiger partial charge in [0.15, 0.2) is 0 Å². The van der Waals surface area contributed by atoms with Crippen molar-refractivity contribution in [1.29, 1.82) is 0 Å². The Morgan fingerprint density at radius 1 is 1.45 bits per heavy atom. The summed E-state index contributed by atoms with van der Waals surface area (Å²) in [5.41, 5.74) is 1.95. The maximum Gasteiger partial charge on any atom is 0.134 e. The van der Waals surface area contributed by atoms with E-state index in [1.54, 1.807) is 4.68 Å². The molecule has 0 radical (unpaired) electrons. The lowest BCUT2D eigenvalue weighted by Crippen LogP contribution is -2.18. The normalized spacial score (nSPS) is 12.4. The number of ether oxygens (including phenoxy) is 1. The molecule has 6 heteroatoms. The van der Waals surface area contributed by atoms with Gasteiger partial charge < -0.3 is 10.1 Å². The van der Waals surface area contributed by atoms with Gasteiger partial charge in [-0.15, -0.1) is 5.10 Å². The van der Waals surface area contributed by atoms with E-state index in [1.165, 1.54) is 0 Å². The van der Waals surface area contributed by atoms with E-state index >= 15 is 0 Å². The van der Waals surface area contributed by atoms with Gasteiger partial charge in [-0.2, -0.15) is 0 Å². The van der Waals surface area contributed by atoms with Crippen molar-refractivity contribution in [3.05, 3.63) is 40.1 Å². The first-order chi connectivity index (χ1) is 9.60. The Morgan fingerprint density at radius 3 is 2.90 bits per heavy atom. The Morgan fingerprint density at radius 2 is 2.25 bits per heavy atom. The lowest BCUT2D eigenvalue weighted by atomic mass is 10.1. The number of aromatic nitrogens is 3. The molecule has 2 aromatic rings. The number of hydrogen-bond acceptors (Lipinski definition) is 4. The SMILES string of the molecule is CCNC(C)c1cc(Br)ccc1OCc1cn(C)nn1. The van der Waals surface area contributed by atoms with Crippen LogP contribution in [0.4, 0.5) is 0 Å². The van der Waals surface area contributed by atoms with E-state index in [2.05, 4.69) is 51.5 Å². The highest BCUT2D eigenvalue weighted by Crippen LogP contribution is 2.29. The predicted molar refractivity (Wildman–Crippen MR) is 81.6 cm³/mol. The molecule has 1 N–H and O–H groups in total. The predicted octanol–water partition coefficient (Wildman–Crippen LogP) is 2.83. The van der Waals surface area contributed by atoms with Crippen molar-refractivity contribution in [3.63, 3.8) is 0 Å². The molecule has 0 aliphatic heterocycles. The van der Waals surface area contributed by atoms with E-state index in [1.807, 2.05) is 25.4 Å². The van der Waals surface area contributed by atoms with Crippen molar-refractivity contribution in [1.82, 2.24) is 20.3 Å². The highest BCUT2D eigenvalue weighted by atomic mass is 79.9. The minimum atomic E-state index is 0.231. The smallest absolute Gasteiger partial charge is 0.134 e. The summed E-state index contributed by atoms with van der Waals surface area (Å²) in [7, 11) is 1.84. The Labute approximate surface area is 127 Å². The monoisotopic (exact) mass is 338 g/mol. The van der Waals surface area contributed by atoms with Gasteiger partial charge in [0, 0.05) is 23.1 Å². The van der Waals surface area contributed by atoms with E-state index in [0.29, 0.717) is 6.61 Å². The molecule has 1 unspecified atom stereocenters. The second kappa shape index (κ2) is 6.85. The molecule has 1 aromatic heterocycles. The molecule has 108 valence electrons. The van der Waals surface area contributed by atoms with Crippen molar-refractivity contribution in [2.75, 3.05) is 6.54 Å². The lowest BCUT2D eigenvalue weighted by Gasteiger charge is -2.17. The third kappa shape index (κ3) is 3.80. The molecular weight excluding hydrogens is 320 g/mol. The van der Waals surface area contributed by atoms with Crippen LogP contribution in [0.1, 0.15) is 31.1 Å². The van der Waals surface area contributed by atoms with E-state index in [-0.39, 0.29) is 6.04 Å². The second-order valence-corrected chi connectivity index (χ2v) is 5.55. The average Bonchev–Trinajstić information content (AvgIpc) is 2.83.